The summed E-state index contributed by atoms with van der Waals surface area (Å²) in [6, 6.07) is 6.61. The van der Waals surface area contributed by atoms with Crippen molar-refractivity contribution in [3.63, 3.8) is 0 Å². The molecule has 5 rings (SSSR count). The second-order valence-electron chi connectivity index (χ2n) is 6.63. The molecule has 0 amide bonds. The molecule has 130 valence electrons. The van der Waals surface area contributed by atoms with Crippen LogP contribution in [-0.4, -0.2) is 25.7 Å². The van der Waals surface area contributed by atoms with Crippen LogP contribution in [0.5, 0.6) is 5.75 Å². The molecular formula is C19H14N2O5. The minimum Gasteiger partial charge on any atom is -0.508 e. The number of aromatic hydroxyl groups is 1. The maximum absolute atomic E-state index is 12.9. The predicted molar refractivity (Wildman–Crippen MR) is 91.7 cm³/mol. The van der Waals surface area contributed by atoms with E-state index in [0.29, 0.717) is 29.0 Å². The number of phenolic OH excluding ortho intramolecular Hbond substituents is 1. The van der Waals surface area contributed by atoms with Crippen LogP contribution >= 0.6 is 0 Å². The lowest BCUT2D eigenvalue weighted by Crippen LogP contribution is -2.32. The number of nitrogens with zero attached hydrogens (tertiary/aromatic N) is 2. The Morgan fingerprint density at radius 3 is 2.85 bits per heavy atom. The van der Waals surface area contributed by atoms with Gasteiger partial charge in [0.2, 0.25) is 0 Å². The Bertz CT molecular complexity index is 1190. The van der Waals surface area contributed by atoms with Crippen LogP contribution in [0, 0.1) is 6.92 Å². The van der Waals surface area contributed by atoms with Gasteiger partial charge in [-0.2, -0.15) is 0 Å². The van der Waals surface area contributed by atoms with Crippen LogP contribution in [0.1, 0.15) is 28.4 Å². The molecule has 3 aromatic rings. The van der Waals surface area contributed by atoms with E-state index in [1.165, 1.54) is 0 Å². The number of aliphatic hydroxyl groups excluding tert-OH is 1. The first-order valence-corrected chi connectivity index (χ1v) is 8.19. The van der Waals surface area contributed by atoms with Gasteiger partial charge in [-0.1, -0.05) is 0 Å². The number of carbonyl (C=O) groups is 1. The van der Waals surface area contributed by atoms with E-state index >= 15 is 0 Å². The van der Waals surface area contributed by atoms with Gasteiger partial charge in [-0.15, -0.1) is 0 Å². The highest BCUT2D eigenvalue weighted by Crippen LogP contribution is 2.37. The molecule has 26 heavy (non-hydrogen) atoms. The minimum absolute atomic E-state index is 0.136. The van der Waals surface area contributed by atoms with Crippen molar-refractivity contribution in [3.05, 3.63) is 56.9 Å². The third-order valence-electron chi connectivity index (χ3n) is 5.23. The molecule has 0 saturated carbocycles. The first kappa shape index (κ1) is 15.1. The van der Waals surface area contributed by atoms with E-state index in [1.807, 2.05) is 6.92 Å². The van der Waals surface area contributed by atoms with Crippen LogP contribution < -0.4 is 5.56 Å². The molecule has 2 aliphatic rings. The lowest BCUT2D eigenvalue weighted by atomic mass is 9.99. The number of aryl methyl sites for hydroxylation is 1. The predicted octanol–water partition coefficient (Wildman–Crippen LogP) is 1.53. The van der Waals surface area contributed by atoms with Crippen LogP contribution in [0.3, 0.4) is 0 Å². The summed E-state index contributed by atoms with van der Waals surface area (Å²) in [5, 5.41) is 20.7. The van der Waals surface area contributed by atoms with Gasteiger partial charge in [-0.05, 0) is 36.8 Å². The number of rotatable bonds is 0. The molecule has 1 atom stereocenters. The molecule has 0 spiro atoms. The molecule has 0 saturated heterocycles. The molecule has 2 aromatic heterocycles. The number of hydrogen-bond donors (Lipinski definition) is 2. The summed E-state index contributed by atoms with van der Waals surface area (Å²) in [5.41, 5.74) is 4.08. The van der Waals surface area contributed by atoms with E-state index in [1.54, 1.807) is 28.8 Å². The number of pyridine rings is 2. The topological polar surface area (TPSA) is 102 Å². The number of ether oxygens (including phenoxy) is 1. The summed E-state index contributed by atoms with van der Waals surface area (Å²) >= 11 is 0. The molecule has 2 N–H and O–H groups in total. The summed E-state index contributed by atoms with van der Waals surface area (Å²) in [6.45, 7) is 2.15. The molecule has 0 radical (unpaired) electrons. The summed E-state index contributed by atoms with van der Waals surface area (Å²) in [6.07, 6.45) is -1.46. The largest absolute Gasteiger partial charge is 0.508 e. The van der Waals surface area contributed by atoms with Crippen molar-refractivity contribution >= 4 is 16.9 Å². The molecule has 7 nitrogen and oxygen atoms in total. The maximum Gasteiger partial charge on any atom is 0.340 e. The molecule has 0 aliphatic carbocycles. The van der Waals surface area contributed by atoms with Crippen molar-refractivity contribution in [3.8, 4) is 17.1 Å². The molecule has 7 heteroatoms. The lowest BCUT2D eigenvalue weighted by molar-refractivity contribution is -0.157. The average molecular weight is 350 g/mol. The normalized spacial score (nSPS) is 17.6. The molecule has 0 bridgehead atoms. The second-order valence-corrected chi connectivity index (χ2v) is 6.63. The van der Waals surface area contributed by atoms with Crippen molar-refractivity contribution in [1.29, 1.82) is 0 Å². The van der Waals surface area contributed by atoms with Gasteiger partial charge >= 0.3 is 5.97 Å². The third-order valence-corrected chi connectivity index (χ3v) is 5.23. The zero-order chi connectivity index (χ0) is 18.2. The first-order valence-electron chi connectivity index (χ1n) is 8.19. The Morgan fingerprint density at radius 1 is 1.23 bits per heavy atom. The molecule has 2 aliphatic heterocycles. The van der Waals surface area contributed by atoms with Gasteiger partial charge < -0.3 is 19.5 Å². The molecular weight excluding hydrogens is 336 g/mol. The summed E-state index contributed by atoms with van der Waals surface area (Å²) in [7, 11) is 0. The smallest absolute Gasteiger partial charge is 0.340 e. The Hall–Kier alpha value is -3.19. The second kappa shape index (κ2) is 4.92. The van der Waals surface area contributed by atoms with Crippen LogP contribution in [0.15, 0.2) is 29.1 Å². The molecule has 1 aromatic carbocycles. The number of esters is 1. The standard InChI is InChI=1S/C19H14N2O5/c1-8-10-4-9(22)2-3-14(10)20-16-12(8)6-21-15(16)5-11-13(18(21)24)7-26-19(25)17(11)23/h2-5,17,22-23H,6-7H2,1H3/t17-/m0/s1. The van der Waals surface area contributed by atoms with E-state index in [2.05, 4.69) is 4.98 Å². The monoisotopic (exact) mass is 350 g/mol. The van der Waals surface area contributed by atoms with Crippen LogP contribution in [-0.2, 0) is 22.7 Å². The SMILES string of the molecule is Cc1c2c(nc3ccc(O)cc13)-c1cc3c(c(=O)n1C2)COC(=O)[C@H]3O. The van der Waals surface area contributed by atoms with Gasteiger partial charge in [0.15, 0.2) is 6.10 Å². The fourth-order valence-corrected chi connectivity index (χ4v) is 3.81. The van der Waals surface area contributed by atoms with Crippen LogP contribution in [0.4, 0.5) is 0 Å². The van der Waals surface area contributed by atoms with E-state index in [-0.39, 0.29) is 23.5 Å². The van der Waals surface area contributed by atoms with Crippen LogP contribution in [0.25, 0.3) is 22.3 Å². The number of hydrogen-bond acceptors (Lipinski definition) is 6. The highest BCUT2D eigenvalue weighted by atomic mass is 16.5. The Kier molecular flexibility index (Phi) is 2.86. The van der Waals surface area contributed by atoms with E-state index < -0.39 is 12.1 Å². The number of aliphatic hydroxyl groups is 1. The fourth-order valence-electron chi connectivity index (χ4n) is 3.81. The quantitative estimate of drug-likeness (QED) is 0.466. The molecule has 0 fully saturated rings. The Balaban J connectivity index is 1.82. The van der Waals surface area contributed by atoms with Gasteiger partial charge in [-0.25, -0.2) is 9.78 Å². The average Bonchev–Trinajstić information content (AvgIpc) is 2.99. The third kappa shape index (κ3) is 1.83. The van der Waals surface area contributed by atoms with E-state index in [9.17, 15) is 19.8 Å². The number of phenols is 1. The number of carbonyl (C=O) groups excluding carboxylic acids is 1. The Morgan fingerprint density at radius 2 is 2.04 bits per heavy atom. The van der Waals surface area contributed by atoms with Gasteiger partial charge in [-0.3, -0.25) is 4.79 Å². The van der Waals surface area contributed by atoms with Crippen molar-refractivity contribution < 1.29 is 19.7 Å². The fraction of sp³-hybridized carbons (Fsp3) is 0.211. The summed E-state index contributed by atoms with van der Waals surface area (Å²) in [5.74, 6) is -0.595. The van der Waals surface area contributed by atoms with Crippen molar-refractivity contribution in [2.24, 2.45) is 0 Å². The molecule has 4 heterocycles. The number of cyclic esters (lactones) is 1. The van der Waals surface area contributed by atoms with Crippen molar-refractivity contribution in [2.45, 2.75) is 26.2 Å². The number of benzene rings is 1. The van der Waals surface area contributed by atoms with Crippen LogP contribution in [0.2, 0.25) is 0 Å². The zero-order valence-electron chi connectivity index (χ0n) is 13.8. The number of fused-ring (bicyclic) bond motifs is 5. The van der Waals surface area contributed by atoms with Gasteiger partial charge in [0, 0.05) is 16.5 Å². The first-order chi connectivity index (χ1) is 12.5. The van der Waals surface area contributed by atoms with Gasteiger partial charge in [0.1, 0.15) is 12.4 Å². The minimum atomic E-state index is -1.46. The number of aromatic nitrogens is 2. The maximum atomic E-state index is 12.9. The Labute approximate surface area is 147 Å². The zero-order valence-corrected chi connectivity index (χ0v) is 13.8. The summed E-state index contributed by atoms with van der Waals surface area (Å²) < 4.78 is 6.48. The van der Waals surface area contributed by atoms with E-state index in [0.717, 1.165) is 16.5 Å². The highest BCUT2D eigenvalue weighted by molar-refractivity contribution is 5.89. The van der Waals surface area contributed by atoms with E-state index in [4.69, 9.17) is 4.74 Å². The summed E-state index contributed by atoms with van der Waals surface area (Å²) in [4.78, 5) is 29.2. The van der Waals surface area contributed by atoms with Crippen molar-refractivity contribution in [1.82, 2.24) is 9.55 Å². The van der Waals surface area contributed by atoms with Crippen molar-refractivity contribution in [2.75, 3.05) is 0 Å². The highest BCUT2D eigenvalue weighted by Gasteiger charge is 2.34. The van der Waals surface area contributed by atoms with Gasteiger partial charge in [0.25, 0.3) is 5.56 Å². The lowest BCUT2D eigenvalue weighted by Gasteiger charge is -2.21. The molecule has 0 unspecified atom stereocenters. The van der Waals surface area contributed by atoms with Gasteiger partial charge in [0.05, 0.1) is 29.0 Å².